The second kappa shape index (κ2) is 33.3. The topological polar surface area (TPSA) is 96.7 Å². The highest BCUT2D eigenvalue weighted by Gasteiger charge is 2.25. The van der Waals surface area contributed by atoms with Gasteiger partial charge in [-0.3, -0.25) is 19.9 Å². The molecule has 5 aromatic carbocycles. The van der Waals surface area contributed by atoms with Crippen LogP contribution in [0, 0.1) is 95.9 Å². The summed E-state index contributed by atoms with van der Waals surface area (Å²) in [7, 11) is 10.5. The number of pyridine rings is 9. The fourth-order valence-corrected chi connectivity index (χ4v) is 14.9. The monoisotopic (exact) mass is 1430 g/mol. The molecule has 0 spiro atoms. The minimum atomic E-state index is 0.429. The number of aryl methyl sites for hydroxylation is 14. The average molecular weight is 1430 g/mol. The maximum absolute atomic E-state index is 4.90. The molecule has 10 heterocycles. The van der Waals surface area contributed by atoms with E-state index in [9.17, 15) is 0 Å². The van der Waals surface area contributed by atoms with Crippen LogP contribution in [0.15, 0.2) is 201 Å². The van der Waals surface area contributed by atoms with Gasteiger partial charge in [-0.2, -0.15) is 0 Å². The fourth-order valence-electron chi connectivity index (χ4n) is 14.9. The zero-order chi connectivity index (χ0) is 77.7. The van der Waals surface area contributed by atoms with Crippen molar-refractivity contribution >= 4 is 54.4 Å². The van der Waals surface area contributed by atoms with Crippen LogP contribution in [0.4, 0.5) is 0 Å². The highest BCUT2D eigenvalue weighted by atomic mass is 15.0. The summed E-state index contributed by atoms with van der Waals surface area (Å²) in [6.45, 7) is 41.6. The van der Waals surface area contributed by atoms with Crippen LogP contribution in [-0.4, -0.2) is 29.9 Å². The van der Waals surface area contributed by atoms with Crippen LogP contribution in [-0.2, 0) is 41.7 Å². The predicted octanol–water partition coefficient (Wildman–Crippen LogP) is 20.5. The van der Waals surface area contributed by atoms with Crippen molar-refractivity contribution in [3.05, 3.63) is 291 Å². The molecule has 108 heavy (non-hydrogen) atoms. The van der Waals surface area contributed by atoms with Gasteiger partial charge in [0.15, 0.2) is 36.0 Å². The Morgan fingerprint density at radius 3 is 1.27 bits per heavy atom. The maximum Gasteiger partial charge on any atom is 0.287 e. The minimum absolute atomic E-state index is 0.429. The summed E-state index contributed by atoms with van der Waals surface area (Å²) < 4.78 is 10.9. The third kappa shape index (κ3) is 17.0. The van der Waals surface area contributed by atoms with E-state index in [1.165, 1.54) is 161 Å². The van der Waals surface area contributed by atoms with Gasteiger partial charge >= 0.3 is 0 Å². The summed E-state index contributed by atoms with van der Waals surface area (Å²) in [6.07, 6.45) is 19.0. The maximum atomic E-state index is 4.90. The largest absolute Gasteiger partial charge is 0.287 e. The summed E-state index contributed by atoms with van der Waals surface area (Å²) in [5.41, 5.74) is 37.2. The van der Waals surface area contributed by atoms with Gasteiger partial charge < -0.3 is 0 Å². The standard InChI is InChI=1S/C22H27N2.2C21H25N2.C18H19N2.C15H14N3/c1-14(2)11-18-7-8-19-21(23-18)9-10-24(6)22(19)20-13-15(3)12-16(4)17(20)5;1-13(2)20-11-19-17(12-22-20)7-8-23(6)21(19)18-10-14(3)9-15(4)16(18)5;1-13(2)19-8-7-17-20(22-19)9-10-23(6)21(17)18-12-14(3)11-15(4)16(18)5;1-12-9-13(2)14(3)17(10-12)18-16-5-7-19-11-15(16)6-8-20(18)4;1-11-6-3-4-7-12(11)15-14-13(8-5-9-16-14)17-10-18(15)2/h7-10,12-14H,11H2,1-6H3;2*7-13H,1-6H3;5-11H,1-4H3;3-10H,1-2H3/q5*+1. The number of benzene rings is 5. The van der Waals surface area contributed by atoms with Gasteiger partial charge in [0.2, 0.25) is 28.3 Å². The van der Waals surface area contributed by atoms with Crippen LogP contribution < -0.4 is 22.8 Å². The van der Waals surface area contributed by atoms with E-state index in [0.717, 1.165) is 45.6 Å². The number of aromatic nitrogens is 11. The smallest absolute Gasteiger partial charge is 0.264 e. The Hall–Kier alpha value is -11.2. The van der Waals surface area contributed by atoms with Gasteiger partial charge in [0.05, 0.1) is 61.9 Å². The number of hydrogen-bond acceptors (Lipinski definition) is 6. The number of rotatable bonds is 9. The summed E-state index contributed by atoms with van der Waals surface area (Å²) in [5, 5.41) is 7.34. The molecule has 0 amide bonds. The zero-order valence-corrected chi connectivity index (χ0v) is 68.4. The van der Waals surface area contributed by atoms with Crippen LogP contribution in [0.5, 0.6) is 0 Å². The lowest BCUT2D eigenvalue weighted by Crippen LogP contribution is -2.32. The Morgan fingerprint density at radius 1 is 0.324 bits per heavy atom. The summed E-state index contributed by atoms with van der Waals surface area (Å²) >= 11 is 0. The molecule has 0 radical (unpaired) electrons. The Kier molecular flexibility index (Phi) is 24.0. The number of fused-ring (bicyclic) bond motifs is 5. The van der Waals surface area contributed by atoms with Gasteiger partial charge in [0.1, 0.15) is 28.2 Å². The highest BCUT2D eigenvalue weighted by molar-refractivity contribution is 5.96. The van der Waals surface area contributed by atoms with Gasteiger partial charge in [-0.05, 0) is 242 Å². The van der Waals surface area contributed by atoms with Crippen LogP contribution in [0.2, 0.25) is 0 Å². The molecule has 0 saturated carbocycles. The van der Waals surface area contributed by atoms with E-state index < -0.39 is 0 Å². The molecule has 0 aliphatic carbocycles. The minimum Gasteiger partial charge on any atom is -0.264 e. The Balaban J connectivity index is 0.000000135. The van der Waals surface area contributed by atoms with Crippen molar-refractivity contribution in [1.29, 1.82) is 0 Å². The second-order valence-corrected chi connectivity index (χ2v) is 31.0. The summed E-state index contributed by atoms with van der Waals surface area (Å²) in [5.74, 6) is 1.49. The molecule has 0 bridgehead atoms. The van der Waals surface area contributed by atoms with E-state index in [1.807, 2.05) is 54.9 Å². The van der Waals surface area contributed by atoms with E-state index in [4.69, 9.17) is 9.97 Å². The summed E-state index contributed by atoms with van der Waals surface area (Å²) in [6, 6.07) is 52.1. The molecule has 0 fully saturated rings. The Labute approximate surface area is 641 Å². The van der Waals surface area contributed by atoms with Crippen LogP contribution in [0.3, 0.4) is 0 Å². The first-order valence-corrected chi connectivity index (χ1v) is 38.0. The first kappa shape index (κ1) is 77.9. The van der Waals surface area contributed by atoms with Gasteiger partial charge in [0.25, 0.3) is 6.33 Å². The van der Waals surface area contributed by atoms with Crippen LogP contribution >= 0.6 is 0 Å². The van der Waals surface area contributed by atoms with Gasteiger partial charge in [-0.1, -0.05) is 112 Å². The third-order valence-corrected chi connectivity index (χ3v) is 21.2. The molecule has 0 aliphatic rings. The van der Waals surface area contributed by atoms with Crippen molar-refractivity contribution in [3.63, 3.8) is 0 Å². The van der Waals surface area contributed by atoms with E-state index >= 15 is 0 Å². The molecular formula is C97H110N11+5. The van der Waals surface area contributed by atoms with Crippen molar-refractivity contribution in [2.45, 2.75) is 150 Å². The van der Waals surface area contributed by atoms with E-state index in [-0.39, 0.29) is 0 Å². The van der Waals surface area contributed by atoms with E-state index in [1.54, 1.807) is 0 Å². The highest BCUT2D eigenvalue weighted by Crippen LogP contribution is 2.36. The zero-order valence-electron chi connectivity index (χ0n) is 68.4. The summed E-state index contributed by atoms with van der Waals surface area (Å²) in [4.78, 5) is 27.5. The van der Waals surface area contributed by atoms with E-state index in [0.29, 0.717) is 17.8 Å². The molecule has 0 aliphatic heterocycles. The second-order valence-electron chi connectivity index (χ2n) is 31.0. The SMILES string of the molecule is Cc1cc(C)c(C)c(-c2c3cc(C(C)C)ncc3cc[n+]2C)c1.Cc1cc(C)c(C)c(-c2c3ccc(C(C)C)nc3cc[n+]2C)c1.Cc1cc(C)c(C)c(-c2c3ccc(CC(C)C)nc3cc[n+]2C)c1.Cc1cc(C)c(C)c(-c2c3ccncc3cc[n+]2C)c1.Cc1ccccc1-c1c2ncccc2nc[n+]1C. The van der Waals surface area contributed by atoms with Crippen molar-refractivity contribution in [3.8, 4) is 56.3 Å². The van der Waals surface area contributed by atoms with Crippen molar-refractivity contribution in [2.24, 2.45) is 41.2 Å². The molecule has 15 rings (SSSR count). The van der Waals surface area contributed by atoms with Gasteiger partial charge in [-0.25, -0.2) is 27.8 Å². The van der Waals surface area contributed by atoms with Crippen LogP contribution in [0.1, 0.15) is 143 Å². The molecule has 11 nitrogen and oxygen atoms in total. The van der Waals surface area contributed by atoms with Gasteiger partial charge in [0, 0.05) is 82.5 Å². The molecule has 0 saturated heterocycles. The molecule has 0 N–H and O–H groups in total. The Bertz CT molecular complexity index is 5880. The first-order valence-electron chi connectivity index (χ1n) is 38.0. The average Bonchev–Trinajstić information content (AvgIpc) is 0.841. The molecule has 548 valence electrons. The lowest BCUT2D eigenvalue weighted by atomic mass is 9.94. The normalized spacial score (nSPS) is 11.2. The quantitative estimate of drug-likeness (QED) is 0.134. The lowest BCUT2D eigenvalue weighted by molar-refractivity contribution is -0.662. The number of nitrogens with zero attached hydrogens (tertiary/aromatic N) is 11. The Morgan fingerprint density at radius 2 is 0.778 bits per heavy atom. The van der Waals surface area contributed by atoms with Gasteiger partial charge in [-0.15, -0.1) is 0 Å². The van der Waals surface area contributed by atoms with Crippen LogP contribution in [0.25, 0.3) is 111 Å². The predicted molar refractivity (Wildman–Crippen MR) is 448 cm³/mol. The number of hydrogen-bond donors (Lipinski definition) is 0. The molecule has 11 heteroatoms. The molecule has 10 aromatic heterocycles. The van der Waals surface area contributed by atoms with E-state index in [2.05, 4.69) is 356 Å². The van der Waals surface area contributed by atoms with Crippen molar-refractivity contribution in [2.75, 3.05) is 0 Å². The van der Waals surface area contributed by atoms with Crippen molar-refractivity contribution in [1.82, 2.24) is 29.9 Å². The lowest BCUT2D eigenvalue weighted by Gasteiger charge is -2.12. The molecule has 15 aromatic rings. The third-order valence-electron chi connectivity index (χ3n) is 21.2. The molecule has 0 atom stereocenters. The first-order chi connectivity index (χ1) is 51.5. The van der Waals surface area contributed by atoms with Crippen molar-refractivity contribution < 1.29 is 22.8 Å². The fraction of sp³-hybridized carbons (Fsp3) is 0.289. The molecule has 0 unspecified atom stereocenters. The molecular weight excluding hydrogens is 1320 g/mol.